The predicted molar refractivity (Wildman–Crippen MR) is 64.1 cm³/mol. The van der Waals surface area contributed by atoms with E-state index in [1.807, 2.05) is 19.1 Å². The molecule has 2 rings (SSSR count). The van der Waals surface area contributed by atoms with Gasteiger partial charge < -0.3 is 14.0 Å². The molecule has 0 saturated carbocycles. The average molecular weight is 238 g/mol. The van der Waals surface area contributed by atoms with Crippen LogP contribution in [0.15, 0.2) is 28.0 Å². The van der Waals surface area contributed by atoms with E-state index in [0.29, 0.717) is 6.61 Å². The highest BCUT2D eigenvalue weighted by molar-refractivity contribution is 5.95. The summed E-state index contributed by atoms with van der Waals surface area (Å²) in [6.07, 6.45) is 1.63. The summed E-state index contributed by atoms with van der Waals surface area (Å²) in [6.45, 7) is 6.93. The Hall–Kier alpha value is -1.33. The van der Waals surface area contributed by atoms with Crippen molar-refractivity contribution in [3.05, 3.63) is 24.2 Å². The van der Waals surface area contributed by atoms with E-state index in [1.54, 1.807) is 6.26 Å². The lowest BCUT2D eigenvalue weighted by atomic mass is 10.3. The number of hydrogen-bond donors (Lipinski definition) is 0. The molecular weight excluding hydrogens is 220 g/mol. The molecule has 1 aliphatic heterocycles. The molecule has 0 radical (unpaired) electrons. The predicted octanol–water partition coefficient (Wildman–Crippen LogP) is 1.35. The zero-order chi connectivity index (χ0) is 11.9. The van der Waals surface area contributed by atoms with Gasteiger partial charge in [-0.2, -0.15) is 0 Å². The molecule has 0 spiro atoms. The van der Waals surface area contributed by atoms with Crippen LogP contribution >= 0.6 is 0 Å². The van der Waals surface area contributed by atoms with Crippen molar-refractivity contribution in [3.8, 4) is 0 Å². The molecule has 0 unspecified atom stereocenters. The molecule has 0 aromatic carbocycles. The fourth-order valence-corrected chi connectivity index (χ4v) is 1.67. The number of hydrogen-bond acceptors (Lipinski definition) is 5. The van der Waals surface area contributed by atoms with Crippen molar-refractivity contribution in [2.75, 3.05) is 39.5 Å². The summed E-state index contributed by atoms with van der Waals surface area (Å²) in [5, 5.41) is 4.02. The fraction of sp³-hybridized carbons (Fsp3) is 0.583. The van der Waals surface area contributed by atoms with Gasteiger partial charge in [0.25, 0.3) is 0 Å². The summed E-state index contributed by atoms with van der Waals surface area (Å²) in [6, 6.07) is 3.70. The second kappa shape index (κ2) is 6.42. The van der Waals surface area contributed by atoms with Crippen molar-refractivity contribution in [2.45, 2.75) is 6.92 Å². The van der Waals surface area contributed by atoms with Crippen LogP contribution in [-0.2, 0) is 9.57 Å². The number of ether oxygens (including phenoxy) is 1. The van der Waals surface area contributed by atoms with E-state index in [1.165, 1.54) is 0 Å². The molecule has 17 heavy (non-hydrogen) atoms. The maximum Gasteiger partial charge on any atom is 0.151 e. The Kier molecular flexibility index (Phi) is 4.58. The van der Waals surface area contributed by atoms with Crippen LogP contribution in [0.5, 0.6) is 0 Å². The first-order valence-corrected chi connectivity index (χ1v) is 5.87. The molecule has 0 bridgehead atoms. The highest BCUT2D eigenvalue weighted by atomic mass is 16.6. The summed E-state index contributed by atoms with van der Waals surface area (Å²) in [4.78, 5) is 7.57. The van der Waals surface area contributed by atoms with Crippen molar-refractivity contribution >= 4 is 5.71 Å². The van der Waals surface area contributed by atoms with Gasteiger partial charge >= 0.3 is 0 Å². The molecule has 1 saturated heterocycles. The topological polar surface area (TPSA) is 47.2 Å². The van der Waals surface area contributed by atoms with Gasteiger partial charge in [0.2, 0.25) is 0 Å². The molecule has 2 heterocycles. The monoisotopic (exact) mass is 238 g/mol. The third-order valence-corrected chi connectivity index (χ3v) is 2.68. The molecule has 0 atom stereocenters. The lowest BCUT2D eigenvalue weighted by Gasteiger charge is -2.25. The SMILES string of the molecule is C/C(=N/OCCN1CCOCC1)c1ccco1. The third kappa shape index (κ3) is 3.87. The van der Waals surface area contributed by atoms with Gasteiger partial charge in [0.15, 0.2) is 5.76 Å². The second-order valence-electron chi connectivity index (χ2n) is 3.94. The first kappa shape index (κ1) is 12.1. The molecule has 0 N–H and O–H groups in total. The lowest BCUT2D eigenvalue weighted by molar-refractivity contribution is 0.0212. The normalized spacial score (nSPS) is 18.3. The Morgan fingerprint density at radius 3 is 3.00 bits per heavy atom. The third-order valence-electron chi connectivity index (χ3n) is 2.68. The maximum absolute atomic E-state index is 5.27. The molecule has 5 heteroatoms. The summed E-state index contributed by atoms with van der Waals surface area (Å²) in [7, 11) is 0. The zero-order valence-electron chi connectivity index (χ0n) is 10.1. The molecule has 1 aromatic rings. The Bertz CT molecular complexity index is 343. The van der Waals surface area contributed by atoms with E-state index in [4.69, 9.17) is 14.0 Å². The summed E-state index contributed by atoms with van der Waals surface area (Å²) in [5.74, 6) is 0.747. The largest absolute Gasteiger partial charge is 0.463 e. The Morgan fingerprint density at radius 1 is 1.47 bits per heavy atom. The van der Waals surface area contributed by atoms with Crippen molar-refractivity contribution in [3.63, 3.8) is 0 Å². The molecule has 1 fully saturated rings. The highest BCUT2D eigenvalue weighted by Crippen LogP contribution is 2.02. The van der Waals surface area contributed by atoms with Gasteiger partial charge in [-0.15, -0.1) is 0 Å². The molecule has 94 valence electrons. The quantitative estimate of drug-likeness (QED) is 0.441. The van der Waals surface area contributed by atoms with Crippen LogP contribution in [0.4, 0.5) is 0 Å². The first-order chi connectivity index (χ1) is 8.36. The Balaban J connectivity index is 1.66. The first-order valence-electron chi connectivity index (χ1n) is 5.87. The van der Waals surface area contributed by atoms with Gasteiger partial charge in [0.1, 0.15) is 12.3 Å². The standard InChI is InChI=1S/C12H18N2O3/c1-11(12-3-2-7-16-12)13-17-10-6-14-4-8-15-9-5-14/h2-3,7H,4-6,8-10H2,1H3/b13-11-. The second-order valence-corrected chi connectivity index (χ2v) is 3.94. The van der Waals surface area contributed by atoms with Crippen LogP contribution in [0.25, 0.3) is 0 Å². The van der Waals surface area contributed by atoms with E-state index >= 15 is 0 Å². The highest BCUT2D eigenvalue weighted by Gasteiger charge is 2.09. The summed E-state index contributed by atoms with van der Waals surface area (Å²) >= 11 is 0. The molecule has 5 nitrogen and oxygen atoms in total. The van der Waals surface area contributed by atoms with E-state index in [-0.39, 0.29) is 0 Å². The maximum atomic E-state index is 5.27. The molecule has 1 aliphatic rings. The van der Waals surface area contributed by atoms with Gasteiger partial charge in [-0.25, -0.2) is 0 Å². The number of rotatable bonds is 5. The molecular formula is C12H18N2O3. The Labute approximate surface area is 101 Å². The number of nitrogens with zero attached hydrogens (tertiary/aromatic N) is 2. The summed E-state index contributed by atoms with van der Waals surface area (Å²) in [5.41, 5.74) is 0.761. The average Bonchev–Trinajstić information content (AvgIpc) is 2.89. The van der Waals surface area contributed by atoms with Crippen LogP contribution in [-0.4, -0.2) is 50.1 Å². The van der Waals surface area contributed by atoms with E-state index < -0.39 is 0 Å². The van der Waals surface area contributed by atoms with Crippen LogP contribution in [0.1, 0.15) is 12.7 Å². The van der Waals surface area contributed by atoms with Gasteiger partial charge in [-0.05, 0) is 19.1 Å². The van der Waals surface area contributed by atoms with Crippen molar-refractivity contribution in [1.82, 2.24) is 4.90 Å². The van der Waals surface area contributed by atoms with Crippen LogP contribution in [0, 0.1) is 0 Å². The summed E-state index contributed by atoms with van der Waals surface area (Å²) < 4.78 is 10.5. The van der Waals surface area contributed by atoms with Crippen LogP contribution < -0.4 is 0 Å². The Morgan fingerprint density at radius 2 is 2.29 bits per heavy atom. The minimum atomic E-state index is 0.595. The number of furan rings is 1. The minimum absolute atomic E-state index is 0.595. The number of oxime groups is 1. The van der Waals surface area contributed by atoms with E-state index in [0.717, 1.165) is 44.3 Å². The zero-order valence-corrected chi connectivity index (χ0v) is 10.1. The van der Waals surface area contributed by atoms with Crippen molar-refractivity contribution < 1.29 is 14.0 Å². The number of morpholine rings is 1. The fourth-order valence-electron chi connectivity index (χ4n) is 1.67. The minimum Gasteiger partial charge on any atom is -0.463 e. The van der Waals surface area contributed by atoms with Crippen molar-refractivity contribution in [2.24, 2.45) is 5.16 Å². The van der Waals surface area contributed by atoms with Gasteiger partial charge in [0.05, 0.1) is 19.5 Å². The molecule has 0 aliphatic carbocycles. The van der Waals surface area contributed by atoms with Gasteiger partial charge in [0, 0.05) is 19.6 Å². The van der Waals surface area contributed by atoms with Gasteiger partial charge in [-0.3, -0.25) is 4.90 Å². The van der Waals surface area contributed by atoms with E-state index in [9.17, 15) is 0 Å². The van der Waals surface area contributed by atoms with Crippen LogP contribution in [0.2, 0.25) is 0 Å². The van der Waals surface area contributed by atoms with Crippen LogP contribution in [0.3, 0.4) is 0 Å². The van der Waals surface area contributed by atoms with E-state index in [2.05, 4.69) is 10.1 Å². The van der Waals surface area contributed by atoms with Gasteiger partial charge in [-0.1, -0.05) is 5.16 Å². The molecule has 1 aromatic heterocycles. The lowest BCUT2D eigenvalue weighted by Crippen LogP contribution is -2.38. The smallest absolute Gasteiger partial charge is 0.151 e. The van der Waals surface area contributed by atoms with Crippen molar-refractivity contribution in [1.29, 1.82) is 0 Å². The molecule has 0 amide bonds.